The van der Waals surface area contributed by atoms with Gasteiger partial charge in [0.2, 0.25) is 5.91 Å². The zero-order valence-corrected chi connectivity index (χ0v) is 11.7. The first-order valence-electron chi connectivity index (χ1n) is 5.29. The number of sulfone groups is 1. The highest BCUT2D eigenvalue weighted by atomic mass is 35.5. The van der Waals surface area contributed by atoms with Gasteiger partial charge in [-0.05, 0) is 32.0 Å². The van der Waals surface area contributed by atoms with Gasteiger partial charge in [-0.15, -0.1) is 0 Å². The van der Waals surface area contributed by atoms with Gasteiger partial charge in [0.05, 0.1) is 10.6 Å². The minimum absolute atomic E-state index is 0.0803. The van der Waals surface area contributed by atoms with Crippen LogP contribution >= 0.6 is 11.6 Å². The molecule has 1 amide bonds. The van der Waals surface area contributed by atoms with E-state index < -0.39 is 21.5 Å². The molecule has 100 valence electrons. The van der Waals surface area contributed by atoms with E-state index in [-0.39, 0.29) is 21.6 Å². The Morgan fingerprint density at radius 2 is 2.06 bits per heavy atom. The van der Waals surface area contributed by atoms with Crippen LogP contribution in [0.2, 0.25) is 5.02 Å². The van der Waals surface area contributed by atoms with Gasteiger partial charge < -0.3 is 11.1 Å². The summed E-state index contributed by atoms with van der Waals surface area (Å²) in [5.41, 5.74) is 5.66. The number of halogens is 1. The molecule has 1 rings (SSSR count). The third kappa shape index (κ3) is 3.89. The van der Waals surface area contributed by atoms with E-state index in [2.05, 4.69) is 5.32 Å². The van der Waals surface area contributed by atoms with Crippen LogP contribution in [0, 0.1) is 0 Å². The van der Waals surface area contributed by atoms with Crippen LogP contribution in [0.4, 0.5) is 5.69 Å². The number of carbonyl (C=O) groups excluding carboxylic acids is 1. The predicted molar refractivity (Wildman–Crippen MR) is 71.2 cm³/mol. The molecule has 0 saturated carbocycles. The summed E-state index contributed by atoms with van der Waals surface area (Å²) in [7, 11) is -3.78. The first kappa shape index (κ1) is 14.8. The first-order chi connectivity index (χ1) is 8.22. The van der Waals surface area contributed by atoms with Crippen LogP contribution in [0.5, 0.6) is 0 Å². The summed E-state index contributed by atoms with van der Waals surface area (Å²) in [5.74, 6) is -1.21. The highest BCUT2D eigenvalue weighted by molar-refractivity contribution is 7.92. The number of nitrogens with one attached hydrogen (secondary N) is 1. The topological polar surface area (TPSA) is 89.3 Å². The minimum atomic E-state index is -3.78. The maximum Gasteiger partial charge on any atom is 0.235 e. The van der Waals surface area contributed by atoms with Gasteiger partial charge in [-0.3, -0.25) is 4.79 Å². The zero-order chi connectivity index (χ0) is 13.9. The maximum atomic E-state index is 12.0. The molecule has 18 heavy (non-hydrogen) atoms. The zero-order valence-electron chi connectivity index (χ0n) is 10.1. The van der Waals surface area contributed by atoms with Crippen molar-refractivity contribution in [2.75, 3.05) is 11.5 Å². The van der Waals surface area contributed by atoms with Crippen molar-refractivity contribution in [3.05, 3.63) is 23.2 Å². The van der Waals surface area contributed by atoms with Crippen molar-refractivity contribution in [2.45, 2.75) is 24.8 Å². The molecule has 1 aromatic carbocycles. The SMILES string of the molecule is CC(C)NC(=O)CS(=O)(=O)c1cc(Cl)ccc1N. The molecule has 0 aliphatic carbocycles. The molecule has 3 N–H and O–H groups in total. The number of nitrogens with two attached hydrogens (primary N) is 1. The van der Waals surface area contributed by atoms with E-state index in [1.807, 2.05) is 0 Å². The molecule has 0 spiro atoms. The van der Waals surface area contributed by atoms with Gasteiger partial charge in [-0.2, -0.15) is 0 Å². The molecule has 0 atom stereocenters. The molecule has 0 saturated heterocycles. The second kappa shape index (κ2) is 5.58. The normalized spacial score (nSPS) is 11.6. The van der Waals surface area contributed by atoms with Gasteiger partial charge in [-0.25, -0.2) is 8.42 Å². The van der Waals surface area contributed by atoms with Gasteiger partial charge in [0.25, 0.3) is 0 Å². The monoisotopic (exact) mass is 290 g/mol. The lowest BCUT2D eigenvalue weighted by Gasteiger charge is -2.10. The molecule has 0 aliphatic rings. The van der Waals surface area contributed by atoms with E-state index in [9.17, 15) is 13.2 Å². The number of rotatable bonds is 4. The molecule has 0 bridgehead atoms. The van der Waals surface area contributed by atoms with E-state index >= 15 is 0 Å². The van der Waals surface area contributed by atoms with Gasteiger partial charge >= 0.3 is 0 Å². The molecule has 1 aromatic rings. The Bertz CT molecular complexity index is 555. The van der Waals surface area contributed by atoms with Crippen molar-refractivity contribution in [1.82, 2.24) is 5.32 Å². The van der Waals surface area contributed by atoms with Gasteiger partial charge in [0.1, 0.15) is 5.75 Å². The highest BCUT2D eigenvalue weighted by Crippen LogP contribution is 2.23. The fourth-order valence-electron chi connectivity index (χ4n) is 1.39. The summed E-state index contributed by atoms with van der Waals surface area (Å²) in [5, 5.41) is 2.77. The van der Waals surface area contributed by atoms with Crippen LogP contribution in [-0.4, -0.2) is 26.1 Å². The van der Waals surface area contributed by atoms with Crippen molar-refractivity contribution < 1.29 is 13.2 Å². The minimum Gasteiger partial charge on any atom is -0.398 e. The Balaban J connectivity index is 3.00. The van der Waals surface area contributed by atoms with Crippen LogP contribution in [0.3, 0.4) is 0 Å². The third-order valence-corrected chi connectivity index (χ3v) is 3.98. The summed E-state index contributed by atoms with van der Waals surface area (Å²) >= 11 is 5.72. The largest absolute Gasteiger partial charge is 0.398 e. The molecule has 0 radical (unpaired) electrons. The average Bonchev–Trinajstić information content (AvgIpc) is 2.19. The molecular weight excluding hydrogens is 276 g/mol. The lowest BCUT2D eigenvalue weighted by Crippen LogP contribution is -2.35. The molecule has 0 aliphatic heterocycles. The number of benzene rings is 1. The molecule has 0 heterocycles. The summed E-state index contributed by atoms with van der Waals surface area (Å²) < 4.78 is 24.0. The smallest absolute Gasteiger partial charge is 0.235 e. The summed E-state index contributed by atoms with van der Waals surface area (Å²) in [4.78, 5) is 11.4. The Morgan fingerprint density at radius 1 is 1.44 bits per heavy atom. The van der Waals surface area contributed by atoms with Crippen LogP contribution in [-0.2, 0) is 14.6 Å². The maximum absolute atomic E-state index is 12.0. The second-order valence-electron chi connectivity index (χ2n) is 4.16. The van der Waals surface area contributed by atoms with E-state index in [4.69, 9.17) is 17.3 Å². The Hall–Kier alpha value is -1.27. The lowest BCUT2D eigenvalue weighted by atomic mass is 10.3. The molecule has 7 heteroatoms. The highest BCUT2D eigenvalue weighted by Gasteiger charge is 2.22. The number of amides is 1. The van der Waals surface area contributed by atoms with E-state index in [1.165, 1.54) is 18.2 Å². The number of hydrogen-bond donors (Lipinski definition) is 2. The van der Waals surface area contributed by atoms with Gasteiger partial charge in [-0.1, -0.05) is 11.6 Å². The number of carbonyl (C=O) groups is 1. The van der Waals surface area contributed by atoms with Crippen LogP contribution in [0.15, 0.2) is 23.1 Å². The lowest BCUT2D eigenvalue weighted by molar-refractivity contribution is -0.119. The number of nitrogen functional groups attached to an aromatic ring is 1. The first-order valence-corrected chi connectivity index (χ1v) is 7.32. The Morgan fingerprint density at radius 3 is 2.61 bits per heavy atom. The summed E-state index contributed by atoms with van der Waals surface area (Å²) in [6, 6.07) is 4.01. The van der Waals surface area contributed by atoms with Crippen molar-refractivity contribution >= 4 is 33.0 Å². The summed E-state index contributed by atoms with van der Waals surface area (Å²) in [6.07, 6.45) is 0. The number of hydrogen-bond acceptors (Lipinski definition) is 4. The van der Waals surface area contributed by atoms with Crippen LogP contribution in [0.25, 0.3) is 0 Å². The van der Waals surface area contributed by atoms with E-state index in [0.29, 0.717) is 0 Å². The Kier molecular flexibility index (Phi) is 4.59. The summed E-state index contributed by atoms with van der Waals surface area (Å²) in [6.45, 7) is 3.50. The molecule has 0 unspecified atom stereocenters. The van der Waals surface area contributed by atoms with E-state index in [1.54, 1.807) is 13.8 Å². The molecule has 5 nitrogen and oxygen atoms in total. The average molecular weight is 291 g/mol. The second-order valence-corrected chi connectivity index (χ2v) is 6.56. The number of anilines is 1. The predicted octanol–water partition coefficient (Wildman–Crippen LogP) is 1.22. The van der Waals surface area contributed by atoms with Crippen molar-refractivity contribution in [3.8, 4) is 0 Å². The molecule has 0 aromatic heterocycles. The molecular formula is C11H15ClN2O3S. The quantitative estimate of drug-likeness (QED) is 0.816. The molecule has 0 fully saturated rings. The Labute approximate surface area is 111 Å². The van der Waals surface area contributed by atoms with Gasteiger partial charge in [0, 0.05) is 11.1 Å². The van der Waals surface area contributed by atoms with Gasteiger partial charge in [0.15, 0.2) is 9.84 Å². The van der Waals surface area contributed by atoms with Crippen LogP contribution < -0.4 is 11.1 Å². The van der Waals surface area contributed by atoms with Crippen molar-refractivity contribution in [3.63, 3.8) is 0 Å². The van der Waals surface area contributed by atoms with E-state index in [0.717, 1.165) is 0 Å². The standard InChI is InChI=1S/C11H15ClN2O3S/c1-7(2)14-11(15)6-18(16,17)10-5-8(12)3-4-9(10)13/h3-5,7H,6,13H2,1-2H3,(H,14,15). The van der Waals surface area contributed by atoms with Crippen molar-refractivity contribution in [1.29, 1.82) is 0 Å². The fourth-order valence-corrected chi connectivity index (χ4v) is 2.95. The third-order valence-electron chi connectivity index (χ3n) is 2.08. The van der Waals surface area contributed by atoms with Crippen LogP contribution in [0.1, 0.15) is 13.8 Å². The van der Waals surface area contributed by atoms with Crippen molar-refractivity contribution in [2.24, 2.45) is 0 Å². The fraction of sp³-hybridized carbons (Fsp3) is 0.364.